The molecule has 0 aliphatic carbocycles. The molecule has 0 bridgehead atoms. The Bertz CT molecular complexity index is 355. The van der Waals surface area contributed by atoms with Crippen LogP contribution < -0.4 is 5.32 Å². The Morgan fingerprint density at radius 3 is 2.35 bits per heavy atom. The molecule has 3 heteroatoms. The van der Waals surface area contributed by atoms with E-state index in [1.54, 1.807) is 0 Å². The van der Waals surface area contributed by atoms with Gasteiger partial charge >= 0.3 is 0 Å². The molecule has 0 radical (unpaired) electrons. The number of anilines is 1. The van der Waals surface area contributed by atoms with Gasteiger partial charge in [-0.05, 0) is 31.8 Å². The summed E-state index contributed by atoms with van der Waals surface area (Å²) in [5, 5.41) is 3.47. The first-order valence-corrected chi connectivity index (χ1v) is 6.13. The van der Waals surface area contributed by atoms with Crippen molar-refractivity contribution < 1.29 is 4.74 Å². The number of nitrogens with one attached hydrogen (secondary N) is 1. The van der Waals surface area contributed by atoms with Crippen molar-refractivity contribution in [2.24, 2.45) is 5.41 Å². The number of rotatable bonds is 5. The lowest BCUT2D eigenvalue weighted by Gasteiger charge is -2.38. The number of hydrogen-bond acceptors (Lipinski definition) is 3. The van der Waals surface area contributed by atoms with Gasteiger partial charge in [0.1, 0.15) is 0 Å². The largest absolute Gasteiger partial charge is 0.384 e. The van der Waals surface area contributed by atoms with Crippen LogP contribution in [0.2, 0.25) is 0 Å². The molecular weight excluding hydrogens is 212 g/mol. The summed E-state index contributed by atoms with van der Waals surface area (Å²) < 4.78 is 5.24. The fraction of sp³-hybridized carbons (Fsp3) is 0.571. The van der Waals surface area contributed by atoms with E-state index in [2.05, 4.69) is 55.5 Å². The Hall–Kier alpha value is -1.06. The van der Waals surface area contributed by atoms with Gasteiger partial charge in [-0.2, -0.15) is 0 Å². The van der Waals surface area contributed by atoms with E-state index in [1.165, 1.54) is 11.3 Å². The Labute approximate surface area is 104 Å². The number of nitrogens with zero attached hydrogens (tertiary/aromatic N) is 1. The van der Waals surface area contributed by atoms with E-state index in [9.17, 15) is 0 Å². The Morgan fingerprint density at radius 1 is 1.24 bits per heavy atom. The van der Waals surface area contributed by atoms with E-state index in [1.807, 2.05) is 0 Å². The maximum absolute atomic E-state index is 5.24. The molecule has 0 amide bonds. The highest BCUT2D eigenvalue weighted by molar-refractivity contribution is 5.44. The molecular formula is C14H22N2O. The van der Waals surface area contributed by atoms with Crippen molar-refractivity contribution in [1.82, 2.24) is 4.90 Å². The second-order valence-corrected chi connectivity index (χ2v) is 5.59. The van der Waals surface area contributed by atoms with Gasteiger partial charge in [0.2, 0.25) is 0 Å². The topological polar surface area (TPSA) is 24.5 Å². The lowest BCUT2D eigenvalue weighted by molar-refractivity contribution is -0.0924. The van der Waals surface area contributed by atoms with Crippen LogP contribution in [0.1, 0.15) is 12.5 Å². The van der Waals surface area contributed by atoms with Gasteiger partial charge in [-0.15, -0.1) is 0 Å². The highest BCUT2D eigenvalue weighted by Gasteiger charge is 2.32. The monoisotopic (exact) mass is 234 g/mol. The van der Waals surface area contributed by atoms with Gasteiger partial charge in [-0.3, -0.25) is 0 Å². The van der Waals surface area contributed by atoms with Crippen LogP contribution in [0.3, 0.4) is 0 Å². The summed E-state index contributed by atoms with van der Waals surface area (Å²) >= 11 is 0. The molecule has 1 aliphatic heterocycles. The zero-order chi connectivity index (χ0) is 12.3. The lowest BCUT2D eigenvalue weighted by atomic mass is 9.89. The van der Waals surface area contributed by atoms with Crippen molar-refractivity contribution in [3.63, 3.8) is 0 Å². The van der Waals surface area contributed by atoms with Crippen molar-refractivity contribution >= 4 is 5.69 Å². The van der Waals surface area contributed by atoms with Crippen molar-refractivity contribution in [3.8, 4) is 0 Å². The van der Waals surface area contributed by atoms with E-state index in [-0.39, 0.29) is 0 Å². The van der Waals surface area contributed by atoms with Gasteiger partial charge in [0, 0.05) is 24.2 Å². The Balaban J connectivity index is 1.85. The van der Waals surface area contributed by atoms with Crippen molar-refractivity contribution in [2.45, 2.75) is 13.5 Å². The second kappa shape index (κ2) is 5.07. The van der Waals surface area contributed by atoms with Crippen LogP contribution in [0.15, 0.2) is 24.3 Å². The molecule has 1 aromatic rings. The summed E-state index contributed by atoms with van der Waals surface area (Å²) in [5.74, 6) is 0. The molecule has 0 saturated carbocycles. The molecule has 0 aromatic heterocycles. The maximum Gasteiger partial charge on any atom is 0.0559 e. The average Bonchev–Trinajstić information content (AvgIpc) is 2.25. The van der Waals surface area contributed by atoms with E-state index in [4.69, 9.17) is 4.74 Å². The lowest BCUT2D eigenvalue weighted by Crippen LogP contribution is -2.45. The van der Waals surface area contributed by atoms with Gasteiger partial charge in [-0.1, -0.05) is 19.1 Å². The summed E-state index contributed by atoms with van der Waals surface area (Å²) in [6.45, 7) is 5.98. The summed E-state index contributed by atoms with van der Waals surface area (Å²) in [6.07, 6.45) is 0. The zero-order valence-corrected chi connectivity index (χ0v) is 11.0. The molecule has 94 valence electrons. The first-order chi connectivity index (χ1) is 8.07. The average molecular weight is 234 g/mol. The van der Waals surface area contributed by atoms with Crippen molar-refractivity contribution in [1.29, 1.82) is 0 Å². The van der Waals surface area contributed by atoms with Crippen molar-refractivity contribution in [2.75, 3.05) is 39.2 Å². The number of benzene rings is 1. The predicted octanol–water partition coefficient (Wildman–Crippen LogP) is 2.20. The molecule has 0 unspecified atom stereocenters. The Morgan fingerprint density at radius 2 is 1.88 bits per heavy atom. The minimum Gasteiger partial charge on any atom is -0.384 e. The third kappa shape index (κ3) is 3.45. The molecule has 1 aliphatic rings. The van der Waals surface area contributed by atoms with Crippen LogP contribution >= 0.6 is 0 Å². The fourth-order valence-corrected chi connectivity index (χ4v) is 1.96. The van der Waals surface area contributed by atoms with Crippen LogP contribution in [0.5, 0.6) is 0 Å². The van der Waals surface area contributed by atoms with Gasteiger partial charge in [0.05, 0.1) is 13.2 Å². The normalized spacial score (nSPS) is 17.9. The quantitative estimate of drug-likeness (QED) is 0.845. The van der Waals surface area contributed by atoms with Crippen LogP contribution in [0, 0.1) is 5.41 Å². The first-order valence-electron chi connectivity index (χ1n) is 6.13. The first kappa shape index (κ1) is 12.4. The molecule has 1 fully saturated rings. The van der Waals surface area contributed by atoms with Gasteiger partial charge in [0.25, 0.3) is 0 Å². The Kier molecular flexibility index (Phi) is 3.69. The van der Waals surface area contributed by atoms with Crippen molar-refractivity contribution in [3.05, 3.63) is 29.8 Å². The maximum atomic E-state index is 5.24. The number of ether oxygens (including phenoxy) is 1. The molecule has 17 heavy (non-hydrogen) atoms. The molecule has 0 atom stereocenters. The predicted molar refractivity (Wildman–Crippen MR) is 71.2 cm³/mol. The number of hydrogen-bond donors (Lipinski definition) is 1. The van der Waals surface area contributed by atoms with Crippen LogP contribution in [-0.4, -0.2) is 38.8 Å². The van der Waals surface area contributed by atoms with Crippen LogP contribution in [0.25, 0.3) is 0 Å². The summed E-state index contributed by atoms with van der Waals surface area (Å²) in [5.41, 5.74) is 2.86. The fourth-order valence-electron chi connectivity index (χ4n) is 1.96. The molecule has 3 nitrogen and oxygen atoms in total. The van der Waals surface area contributed by atoms with Crippen LogP contribution in [-0.2, 0) is 11.3 Å². The van der Waals surface area contributed by atoms with Gasteiger partial charge in [0.15, 0.2) is 0 Å². The third-order valence-electron chi connectivity index (χ3n) is 3.07. The molecule has 1 N–H and O–H groups in total. The zero-order valence-electron chi connectivity index (χ0n) is 11.0. The van der Waals surface area contributed by atoms with E-state index in [0.717, 1.165) is 26.3 Å². The van der Waals surface area contributed by atoms with E-state index < -0.39 is 0 Å². The van der Waals surface area contributed by atoms with E-state index >= 15 is 0 Å². The smallest absolute Gasteiger partial charge is 0.0559 e. The highest BCUT2D eigenvalue weighted by atomic mass is 16.5. The minimum atomic E-state index is 0.322. The minimum absolute atomic E-state index is 0.322. The SMILES string of the molecule is CN(C)Cc1ccc(NCC2(C)COC2)cc1. The molecule has 1 aromatic carbocycles. The molecule has 1 heterocycles. The molecule has 2 rings (SSSR count). The van der Waals surface area contributed by atoms with Gasteiger partial charge < -0.3 is 15.0 Å². The molecule has 0 spiro atoms. The van der Waals surface area contributed by atoms with Gasteiger partial charge in [-0.25, -0.2) is 0 Å². The summed E-state index contributed by atoms with van der Waals surface area (Å²) in [4.78, 5) is 2.18. The molecule has 1 saturated heterocycles. The second-order valence-electron chi connectivity index (χ2n) is 5.59. The van der Waals surface area contributed by atoms with E-state index in [0.29, 0.717) is 5.41 Å². The standard InChI is InChI=1S/C14H22N2O/c1-14(10-17-11-14)9-15-13-6-4-12(5-7-13)8-16(2)3/h4-7,15H,8-11H2,1-3H3. The summed E-state index contributed by atoms with van der Waals surface area (Å²) in [6, 6.07) is 8.67. The highest BCUT2D eigenvalue weighted by Crippen LogP contribution is 2.26. The summed E-state index contributed by atoms with van der Waals surface area (Å²) in [7, 11) is 4.17. The third-order valence-corrected chi connectivity index (χ3v) is 3.07. The van der Waals surface area contributed by atoms with Crippen LogP contribution in [0.4, 0.5) is 5.69 Å².